The van der Waals surface area contributed by atoms with E-state index in [0.29, 0.717) is 12.0 Å². The zero-order valence-electron chi connectivity index (χ0n) is 11.3. The monoisotopic (exact) mass is 250 g/mol. The van der Waals surface area contributed by atoms with Crippen molar-refractivity contribution in [3.8, 4) is 0 Å². The smallest absolute Gasteiger partial charge is 0.337 e. The summed E-state index contributed by atoms with van der Waals surface area (Å²) in [6.45, 7) is 4.00. The molecule has 0 saturated heterocycles. The van der Waals surface area contributed by atoms with Crippen molar-refractivity contribution in [1.82, 2.24) is 0 Å². The number of rotatable bonds is 5. The molecule has 18 heavy (non-hydrogen) atoms. The first-order valence-corrected chi connectivity index (χ1v) is 6.12. The van der Waals surface area contributed by atoms with E-state index in [1.165, 1.54) is 13.3 Å². The van der Waals surface area contributed by atoms with Crippen molar-refractivity contribution in [3.05, 3.63) is 35.4 Å². The van der Waals surface area contributed by atoms with Gasteiger partial charge in [0.25, 0.3) is 0 Å². The van der Waals surface area contributed by atoms with E-state index in [2.05, 4.69) is 4.74 Å². The molecule has 1 rings (SSSR count). The van der Waals surface area contributed by atoms with Gasteiger partial charge in [0, 0.05) is 6.04 Å². The Hall–Kier alpha value is -1.68. The van der Waals surface area contributed by atoms with Gasteiger partial charge in [-0.2, -0.15) is 0 Å². The molecular weight excluding hydrogens is 228 g/mol. The maximum Gasteiger partial charge on any atom is 0.337 e. The summed E-state index contributed by atoms with van der Waals surface area (Å²) in [5, 5.41) is 6.93. The summed E-state index contributed by atoms with van der Waals surface area (Å²) in [7, 11) is 1.35. The lowest BCUT2D eigenvalue weighted by Gasteiger charge is -2.10. The third-order valence-electron chi connectivity index (χ3n) is 2.38. The molecule has 4 nitrogen and oxygen atoms in total. The lowest BCUT2D eigenvalue weighted by atomic mass is 10.0. The minimum atomic E-state index is -0.348. The number of benzene rings is 1. The average Bonchev–Trinajstić information content (AvgIpc) is 2.46. The Balaban J connectivity index is 0.00000137. The van der Waals surface area contributed by atoms with Crippen molar-refractivity contribution in [1.29, 1.82) is 5.41 Å². The fourth-order valence-electron chi connectivity index (χ4n) is 1.41. The van der Waals surface area contributed by atoms with E-state index in [9.17, 15) is 4.79 Å². The van der Waals surface area contributed by atoms with Crippen LogP contribution in [0.2, 0.25) is 0 Å². The lowest BCUT2D eigenvalue weighted by molar-refractivity contribution is 0.0600. The Morgan fingerprint density at radius 2 is 1.94 bits per heavy atom. The molecule has 0 fully saturated rings. The Labute approximate surface area is 109 Å². The fraction of sp³-hybridized carbons (Fsp3) is 0.429. The number of ether oxygens (including phenoxy) is 1. The van der Waals surface area contributed by atoms with Gasteiger partial charge in [0.05, 0.1) is 12.7 Å². The van der Waals surface area contributed by atoms with Crippen LogP contribution in [-0.2, 0) is 4.74 Å². The van der Waals surface area contributed by atoms with Crippen molar-refractivity contribution in [2.24, 2.45) is 5.73 Å². The van der Waals surface area contributed by atoms with Crippen LogP contribution in [0.4, 0.5) is 0 Å². The molecule has 4 heteroatoms. The van der Waals surface area contributed by atoms with E-state index in [4.69, 9.17) is 11.1 Å². The summed E-state index contributed by atoms with van der Waals surface area (Å²) in [5.41, 5.74) is 7.41. The molecule has 0 saturated carbocycles. The van der Waals surface area contributed by atoms with Gasteiger partial charge in [-0.25, -0.2) is 4.79 Å². The van der Waals surface area contributed by atoms with Gasteiger partial charge in [0.15, 0.2) is 0 Å². The number of hydrogen-bond donors (Lipinski definition) is 2. The van der Waals surface area contributed by atoms with Crippen molar-refractivity contribution >= 4 is 12.2 Å². The van der Waals surface area contributed by atoms with Gasteiger partial charge in [-0.05, 0) is 36.8 Å². The Morgan fingerprint density at radius 3 is 2.39 bits per heavy atom. The molecule has 0 spiro atoms. The summed E-state index contributed by atoms with van der Waals surface area (Å²) in [6, 6.07) is 6.95. The summed E-state index contributed by atoms with van der Waals surface area (Å²) < 4.78 is 4.60. The van der Waals surface area contributed by atoms with Crippen LogP contribution in [-0.4, -0.2) is 19.3 Å². The van der Waals surface area contributed by atoms with Crippen molar-refractivity contribution < 1.29 is 9.53 Å². The zero-order valence-corrected chi connectivity index (χ0v) is 11.3. The van der Waals surface area contributed by atoms with Crippen LogP contribution in [0.3, 0.4) is 0 Å². The first-order valence-electron chi connectivity index (χ1n) is 6.12. The van der Waals surface area contributed by atoms with Gasteiger partial charge in [-0.3, -0.25) is 0 Å². The number of methoxy groups -OCH3 is 1. The molecule has 0 radical (unpaired) electrons. The molecule has 0 aromatic heterocycles. The molecule has 0 heterocycles. The molecule has 1 atom stereocenters. The van der Waals surface area contributed by atoms with E-state index in [1.54, 1.807) is 12.1 Å². The third-order valence-corrected chi connectivity index (χ3v) is 2.38. The normalized spacial score (nSPS) is 10.9. The molecule has 0 aliphatic carbocycles. The van der Waals surface area contributed by atoms with Gasteiger partial charge in [0.2, 0.25) is 0 Å². The SMILES string of the molecule is CC.COC(=O)c1ccc(C(N)CCC=N)cc1. The number of carbonyl (C=O) groups is 1. The molecular formula is C14H22N2O2. The van der Waals surface area contributed by atoms with Crippen LogP contribution < -0.4 is 5.73 Å². The van der Waals surface area contributed by atoms with Gasteiger partial charge >= 0.3 is 5.97 Å². The van der Waals surface area contributed by atoms with E-state index >= 15 is 0 Å². The van der Waals surface area contributed by atoms with Crippen LogP contribution in [0.15, 0.2) is 24.3 Å². The fourth-order valence-corrected chi connectivity index (χ4v) is 1.41. The number of nitrogens with two attached hydrogens (primary N) is 1. The quantitative estimate of drug-likeness (QED) is 0.623. The highest BCUT2D eigenvalue weighted by molar-refractivity contribution is 5.89. The van der Waals surface area contributed by atoms with Crippen LogP contribution in [0.25, 0.3) is 0 Å². The first-order chi connectivity index (χ1) is 8.69. The van der Waals surface area contributed by atoms with Crippen molar-refractivity contribution in [3.63, 3.8) is 0 Å². The van der Waals surface area contributed by atoms with E-state index in [0.717, 1.165) is 12.0 Å². The third kappa shape index (κ3) is 5.10. The van der Waals surface area contributed by atoms with Gasteiger partial charge in [-0.15, -0.1) is 0 Å². The highest BCUT2D eigenvalue weighted by Gasteiger charge is 2.08. The Kier molecular flexibility index (Phi) is 8.49. The van der Waals surface area contributed by atoms with E-state index < -0.39 is 0 Å². The zero-order chi connectivity index (χ0) is 14.0. The second kappa shape index (κ2) is 9.36. The Morgan fingerprint density at radius 1 is 1.39 bits per heavy atom. The van der Waals surface area contributed by atoms with Gasteiger partial charge < -0.3 is 15.9 Å². The number of esters is 1. The number of hydrogen-bond acceptors (Lipinski definition) is 4. The van der Waals surface area contributed by atoms with Gasteiger partial charge in [0.1, 0.15) is 0 Å². The molecule has 0 bridgehead atoms. The summed E-state index contributed by atoms with van der Waals surface area (Å²) in [4.78, 5) is 11.2. The average molecular weight is 250 g/mol. The van der Waals surface area contributed by atoms with Gasteiger partial charge in [-0.1, -0.05) is 26.0 Å². The maximum atomic E-state index is 11.2. The highest BCUT2D eigenvalue weighted by atomic mass is 16.5. The molecule has 1 aromatic carbocycles. The van der Waals surface area contributed by atoms with E-state index in [-0.39, 0.29) is 12.0 Å². The Bertz CT molecular complexity index is 361. The first kappa shape index (κ1) is 16.3. The predicted octanol–water partition coefficient (Wildman–Crippen LogP) is 2.93. The van der Waals surface area contributed by atoms with E-state index in [1.807, 2.05) is 26.0 Å². The predicted molar refractivity (Wildman–Crippen MR) is 74.1 cm³/mol. The topological polar surface area (TPSA) is 76.2 Å². The molecule has 0 aliphatic rings. The molecule has 1 aromatic rings. The minimum absolute atomic E-state index is 0.0895. The number of nitrogens with one attached hydrogen (secondary N) is 1. The summed E-state index contributed by atoms with van der Waals surface area (Å²) >= 11 is 0. The molecule has 3 N–H and O–H groups in total. The second-order valence-electron chi connectivity index (χ2n) is 3.50. The molecule has 1 unspecified atom stereocenters. The number of carbonyl (C=O) groups excluding carboxylic acids is 1. The minimum Gasteiger partial charge on any atom is -0.465 e. The lowest BCUT2D eigenvalue weighted by Crippen LogP contribution is -2.10. The van der Waals surface area contributed by atoms with Crippen LogP contribution >= 0.6 is 0 Å². The van der Waals surface area contributed by atoms with Crippen molar-refractivity contribution in [2.75, 3.05) is 7.11 Å². The summed E-state index contributed by atoms with van der Waals surface area (Å²) in [6.07, 6.45) is 2.75. The molecule has 0 aliphatic heterocycles. The van der Waals surface area contributed by atoms with Crippen LogP contribution in [0.1, 0.15) is 48.7 Å². The second-order valence-corrected chi connectivity index (χ2v) is 3.50. The summed E-state index contributed by atoms with van der Waals surface area (Å²) in [5.74, 6) is -0.348. The van der Waals surface area contributed by atoms with Crippen molar-refractivity contribution in [2.45, 2.75) is 32.7 Å². The highest BCUT2D eigenvalue weighted by Crippen LogP contribution is 2.16. The standard InChI is InChI=1S/C12H16N2O2.C2H6/c1-16-12(15)10-6-4-9(5-7-10)11(14)3-2-8-13;1-2/h4-8,11,13H,2-3,14H2,1H3;1-2H3. The maximum absolute atomic E-state index is 11.2. The largest absolute Gasteiger partial charge is 0.465 e. The van der Waals surface area contributed by atoms with Crippen LogP contribution in [0.5, 0.6) is 0 Å². The van der Waals surface area contributed by atoms with Crippen LogP contribution in [0, 0.1) is 5.41 Å². The molecule has 100 valence electrons. The molecule has 0 amide bonds.